The van der Waals surface area contributed by atoms with Crippen molar-refractivity contribution < 1.29 is 28.9 Å². The standard InChI is InChI=1S/C20H23BrN6O4S/c1-3-8-26-32(28,29)27-18-17(15-4-6-16(21)7-5-15)19(25-13-24-18)30-9-10-31-20-22-11-14(2)12-23-20/h4-7,11-13,26H,3,8-10H2,1-2H3,(H,24,25,27)/i4D,5D,6D,7D,9D2,10D2. The van der Waals surface area contributed by atoms with E-state index in [1.165, 1.54) is 12.4 Å². The van der Waals surface area contributed by atoms with Gasteiger partial charge in [0.15, 0.2) is 5.82 Å². The van der Waals surface area contributed by atoms with Crippen LogP contribution in [0, 0.1) is 6.92 Å². The number of nitrogens with one attached hydrogen (secondary N) is 2. The van der Waals surface area contributed by atoms with E-state index in [1.807, 2.05) is 0 Å². The number of aromatic nitrogens is 4. The molecule has 2 heterocycles. The van der Waals surface area contributed by atoms with Gasteiger partial charge >= 0.3 is 6.01 Å². The Balaban J connectivity index is 2.20. The minimum absolute atomic E-state index is 0.0414. The zero-order chi connectivity index (χ0) is 30.0. The minimum Gasteiger partial charge on any atom is -0.473 e. The lowest BCUT2D eigenvalue weighted by atomic mass is 10.1. The Labute approximate surface area is 206 Å². The Morgan fingerprint density at radius 3 is 2.47 bits per heavy atom. The molecule has 2 N–H and O–H groups in total. The maximum Gasteiger partial charge on any atom is 0.316 e. The third-order valence-corrected chi connectivity index (χ3v) is 4.96. The van der Waals surface area contributed by atoms with Gasteiger partial charge in [0.1, 0.15) is 19.4 Å². The number of ether oxygens (including phenoxy) is 2. The van der Waals surface area contributed by atoms with E-state index < -0.39 is 76.3 Å². The summed E-state index contributed by atoms with van der Waals surface area (Å²) in [5.74, 6) is -1.40. The quantitative estimate of drug-likeness (QED) is 0.386. The molecule has 10 nitrogen and oxygen atoms in total. The molecule has 1 aromatic carbocycles. The minimum atomic E-state index is -4.29. The predicted octanol–water partition coefficient (Wildman–Crippen LogP) is 3.12. The normalized spacial score (nSPS) is 15.7. The van der Waals surface area contributed by atoms with Gasteiger partial charge in [-0.15, -0.1) is 0 Å². The second kappa shape index (κ2) is 11.2. The van der Waals surface area contributed by atoms with Gasteiger partial charge in [0.2, 0.25) is 5.88 Å². The Morgan fingerprint density at radius 2 is 1.78 bits per heavy atom. The van der Waals surface area contributed by atoms with Crippen molar-refractivity contribution in [2.45, 2.75) is 20.3 Å². The molecule has 0 bridgehead atoms. The van der Waals surface area contributed by atoms with Crippen LogP contribution in [-0.2, 0) is 10.2 Å². The number of hydrogen-bond donors (Lipinski definition) is 2. The lowest BCUT2D eigenvalue weighted by Gasteiger charge is -2.15. The number of aryl methyl sites for hydroxylation is 1. The third-order valence-electron chi connectivity index (χ3n) is 3.52. The van der Waals surface area contributed by atoms with Gasteiger partial charge in [-0.1, -0.05) is 34.9 Å². The highest BCUT2D eigenvalue weighted by atomic mass is 79.9. The highest BCUT2D eigenvalue weighted by Crippen LogP contribution is 2.34. The van der Waals surface area contributed by atoms with Crippen LogP contribution in [0.15, 0.2) is 47.4 Å². The fourth-order valence-electron chi connectivity index (χ4n) is 2.14. The lowest BCUT2D eigenvalue weighted by molar-refractivity contribution is 0.202. The molecule has 0 saturated heterocycles. The average Bonchev–Trinajstić information content (AvgIpc) is 2.87. The van der Waals surface area contributed by atoms with Crippen LogP contribution >= 0.6 is 15.9 Å². The van der Waals surface area contributed by atoms with Crippen molar-refractivity contribution in [2.75, 3.05) is 24.4 Å². The van der Waals surface area contributed by atoms with Crippen molar-refractivity contribution in [3.63, 3.8) is 0 Å². The summed E-state index contributed by atoms with van der Waals surface area (Å²) in [6.07, 6.45) is 3.86. The Morgan fingerprint density at radius 1 is 1.09 bits per heavy atom. The average molecular weight is 531 g/mol. The molecule has 0 aliphatic carbocycles. The summed E-state index contributed by atoms with van der Waals surface area (Å²) < 4.78 is 106. The third kappa shape index (κ3) is 6.84. The Bertz CT molecular complexity index is 1490. The SMILES string of the molecule is [2H]c1c([2H])c(-c2c(NS(=O)(=O)NCCC)ncnc2OC([2H])([2H])C([2H])([2H])Oc2ncc(C)cn2)c([2H])c([2H])c1Br. The van der Waals surface area contributed by atoms with E-state index in [2.05, 4.69) is 45.3 Å². The smallest absolute Gasteiger partial charge is 0.316 e. The van der Waals surface area contributed by atoms with Gasteiger partial charge in [-0.2, -0.15) is 13.1 Å². The van der Waals surface area contributed by atoms with Crippen LogP contribution in [0.25, 0.3) is 11.1 Å². The number of rotatable bonds is 11. The second-order valence-corrected chi connectivity index (χ2v) is 8.34. The molecule has 3 rings (SSSR count). The van der Waals surface area contributed by atoms with Gasteiger partial charge < -0.3 is 9.47 Å². The largest absolute Gasteiger partial charge is 0.473 e. The van der Waals surface area contributed by atoms with Crippen molar-refractivity contribution in [3.05, 3.63) is 52.9 Å². The topological polar surface area (TPSA) is 128 Å². The first-order valence-electron chi connectivity index (χ1n) is 13.1. The van der Waals surface area contributed by atoms with Crippen molar-refractivity contribution >= 4 is 32.0 Å². The van der Waals surface area contributed by atoms with E-state index in [-0.39, 0.29) is 11.0 Å². The predicted molar refractivity (Wildman–Crippen MR) is 124 cm³/mol. The van der Waals surface area contributed by atoms with Crippen molar-refractivity contribution in [1.82, 2.24) is 24.7 Å². The first kappa shape index (κ1) is 15.1. The van der Waals surface area contributed by atoms with E-state index >= 15 is 0 Å². The van der Waals surface area contributed by atoms with Crippen LogP contribution in [0.4, 0.5) is 5.82 Å². The molecular formula is C20H23BrN6O4S. The zero-order valence-electron chi connectivity index (χ0n) is 24.9. The molecule has 0 atom stereocenters. The van der Waals surface area contributed by atoms with Crippen LogP contribution < -0.4 is 18.9 Å². The van der Waals surface area contributed by atoms with Gasteiger partial charge in [-0.05, 0) is 36.6 Å². The van der Waals surface area contributed by atoms with Gasteiger partial charge in [0, 0.05) is 23.4 Å². The summed E-state index contributed by atoms with van der Waals surface area (Å²) in [6.45, 7) is -3.19. The molecule has 0 amide bonds. The molecule has 3 aromatic rings. The van der Waals surface area contributed by atoms with Crippen LogP contribution in [0.1, 0.15) is 29.9 Å². The summed E-state index contributed by atoms with van der Waals surface area (Å²) in [7, 11) is -4.29. The van der Waals surface area contributed by atoms with E-state index in [4.69, 9.17) is 20.4 Å². The molecular weight excluding hydrogens is 500 g/mol. The van der Waals surface area contributed by atoms with Gasteiger partial charge in [0.25, 0.3) is 10.2 Å². The number of halogens is 1. The van der Waals surface area contributed by atoms with Gasteiger partial charge in [-0.25, -0.2) is 19.9 Å². The Hall–Kier alpha value is -2.83. The number of hydrogen-bond acceptors (Lipinski definition) is 8. The van der Waals surface area contributed by atoms with Crippen LogP contribution in [0.5, 0.6) is 11.9 Å². The monoisotopic (exact) mass is 530 g/mol. The maximum absolute atomic E-state index is 12.6. The van der Waals surface area contributed by atoms with E-state index in [1.54, 1.807) is 13.8 Å². The zero-order valence-corrected chi connectivity index (χ0v) is 19.3. The molecule has 0 fully saturated rings. The van der Waals surface area contributed by atoms with Crippen molar-refractivity contribution in [1.29, 1.82) is 0 Å². The highest BCUT2D eigenvalue weighted by molar-refractivity contribution is 9.10. The summed E-state index contributed by atoms with van der Waals surface area (Å²) in [5.41, 5.74) is -0.489. The van der Waals surface area contributed by atoms with Crippen LogP contribution in [0.3, 0.4) is 0 Å². The van der Waals surface area contributed by atoms with E-state index in [0.717, 1.165) is 6.33 Å². The lowest BCUT2D eigenvalue weighted by Crippen LogP contribution is -2.31. The Kier molecular flexibility index (Phi) is 5.26. The van der Waals surface area contributed by atoms with Crippen LogP contribution in [-0.4, -0.2) is 48.0 Å². The maximum atomic E-state index is 12.6. The van der Waals surface area contributed by atoms with Crippen molar-refractivity contribution in [3.8, 4) is 23.0 Å². The van der Waals surface area contributed by atoms with Crippen LogP contribution in [0.2, 0.25) is 0 Å². The van der Waals surface area contributed by atoms with Gasteiger partial charge in [0.05, 0.1) is 16.5 Å². The molecule has 12 heteroatoms. The first-order valence-corrected chi connectivity index (χ1v) is 11.3. The molecule has 2 aromatic heterocycles. The first-order chi connectivity index (χ1) is 18.5. The number of nitrogens with zero attached hydrogens (tertiary/aromatic N) is 4. The summed E-state index contributed by atoms with van der Waals surface area (Å²) in [6, 6.07) is -2.91. The molecule has 170 valence electrons. The highest BCUT2D eigenvalue weighted by Gasteiger charge is 2.19. The van der Waals surface area contributed by atoms with Crippen molar-refractivity contribution in [2.24, 2.45) is 0 Å². The summed E-state index contributed by atoms with van der Waals surface area (Å²) >= 11 is 2.98. The molecule has 0 aliphatic rings. The number of benzene rings is 1. The molecule has 0 spiro atoms. The second-order valence-electron chi connectivity index (χ2n) is 6.04. The molecule has 0 radical (unpaired) electrons. The molecule has 0 aliphatic heterocycles. The number of anilines is 1. The van der Waals surface area contributed by atoms with Gasteiger partial charge in [-0.3, -0.25) is 4.72 Å². The van der Waals surface area contributed by atoms with E-state index in [0.29, 0.717) is 12.0 Å². The molecule has 0 unspecified atom stereocenters. The molecule has 0 saturated carbocycles. The molecule has 32 heavy (non-hydrogen) atoms. The van der Waals surface area contributed by atoms with E-state index in [9.17, 15) is 8.42 Å². The summed E-state index contributed by atoms with van der Waals surface area (Å²) in [5, 5.41) is 0. The summed E-state index contributed by atoms with van der Waals surface area (Å²) in [4.78, 5) is 15.2. The fraction of sp³-hybridized carbons (Fsp3) is 0.300. The fourth-order valence-corrected chi connectivity index (χ4v) is 3.29.